The molecule has 3 aromatic rings. The minimum absolute atomic E-state index is 0.0415. The van der Waals surface area contributed by atoms with Gasteiger partial charge in [0.1, 0.15) is 19.3 Å². The number of aryl methyl sites for hydroxylation is 1. The molecule has 0 saturated heterocycles. The number of hydrogen-bond acceptors (Lipinski definition) is 6. The Labute approximate surface area is 212 Å². The Bertz CT molecular complexity index is 1020. The Morgan fingerprint density at radius 2 is 1.46 bits per heavy atom. The molecule has 0 fully saturated rings. The first kappa shape index (κ1) is 25.3. The van der Waals surface area contributed by atoms with Crippen molar-refractivity contribution in [2.24, 2.45) is 0 Å². The summed E-state index contributed by atoms with van der Waals surface area (Å²) in [4.78, 5) is 12.3. The monoisotopic (exact) mass is 494 g/mol. The van der Waals surface area contributed by atoms with Gasteiger partial charge in [0, 0.05) is 17.4 Å². The number of esters is 1. The largest absolute Gasteiger partial charge is 0.486 e. The number of rotatable bonds is 12. The van der Waals surface area contributed by atoms with Gasteiger partial charge in [-0.05, 0) is 54.5 Å². The first-order chi connectivity index (χ1) is 17.2. The number of unbranched alkanes of at least 4 members (excludes halogenated alkanes) is 3. The lowest BCUT2D eigenvalue weighted by atomic mass is 10.0. The van der Waals surface area contributed by atoms with Gasteiger partial charge in [-0.2, -0.15) is 0 Å². The second-order valence-electron chi connectivity index (χ2n) is 8.79. The van der Waals surface area contributed by atoms with Crippen molar-refractivity contribution in [1.29, 1.82) is 0 Å². The van der Waals surface area contributed by atoms with Crippen molar-refractivity contribution in [2.75, 3.05) is 26.4 Å². The van der Waals surface area contributed by atoms with E-state index in [1.165, 1.54) is 5.56 Å². The minimum Gasteiger partial charge on any atom is -0.486 e. The quantitative estimate of drug-likeness (QED) is 0.202. The van der Waals surface area contributed by atoms with E-state index < -0.39 is 0 Å². The average molecular weight is 495 g/mol. The highest BCUT2D eigenvalue weighted by molar-refractivity contribution is 7.08. The second kappa shape index (κ2) is 13.3. The molecule has 0 radical (unpaired) electrons. The molecular formula is C29H34O5S. The van der Waals surface area contributed by atoms with Gasteiger partial charge < -0.3 is 18.9 Å². The van der Waals surface area contributed by atoms with Gasteiger partial charge in [0.2, 0.25) is 0 Å². The summed E-state index contributed by atoms with van der Waals surface area (Å²) >= 11 is 1.58. The maximum atomic E-state index is 12.3. The van der Waals surface area contributed by atoms with Crippen molar-refractivity contribution in [3.8, 4) is 22.6 Å². The van der Waals surface area contributed by atoms with E-state index in [-0.39, 0.29) is 12.1 Å². The number of carbonyl (C=O) groups is 1. The molecule has 4 rings (SSSR count). The molecule has 35 heavy (non-hydrogen) atoms. The Hall–Kier alpha value is -2.83. The van der Waals surface area contributed by atoms with Gasteiger partial charge in [-0.25, -0.2) is 4.79 Å². The van der Waals surface area contributed by atoms with E-state index in [1.54, 1.807) is 11.3 Å². The Balaban J connectivity index is 1.07. The van der Waals surface area contributed by atoms with Crippen LogP contribution in [0.25, 0.3) is 11.1 Å². The normalized spacial score (nSPS) is 13.4. The number of carbonyl (C=O) groups excluding carboxylic acids is 1. The van der Waals surface area contributed by atoms with Crippen LogP contribution in [0.4, 0.5) is 0 Å². The van der Waals surface area contributed by atoms with Crippen LogP contribution >= 0.6 is 11.3 Å². The first-order valence-corrected chi connectivity index (χ1v) is 13.5. The van der Waals surface area contributed by atoms with Crippen molar-refractivity contribution >= 4 is 17.3 Å². The molecule has 0 spiro atoms. The summed E-state index contributed by atoms with van der Waals surface area (Å²) in [6.07, 6.45) is 6.05. The molecule has 0 unspecified atom stereocenters. The zero-order valence-electron chi connectivity index (χ0n) is 20.4. The molecule has 0 aliphatic carbocycles. The molecule has 2 heterocycles. The van der Waals surface area contributed by atoms with Crippen molar-refractivity contribution in [2.45, 2.75) is 51.6 Å². The molecule has 0 atom stereocenters. The molecule has 0 bridgehead atoms. The summed E-state index contributed by atoms with van der Waals surface area (Å²) in [7, 11) is 0. The van der Waals surface area contributed by atoms with E-state index >= 15 is 0 Å². The third kappa shape index (κ3) is 7.58. The molecule has 0 amide bonds. The van der Waals surface area contributed by atoms with E-state index in [0.717, 1.165) is 61.2 Å². The number of hydrogen-bond donors (Lipinski definition) is 0. The highest BCUT2D eigenvalue weighted by Crippen LogP contribution is 2.33. The highest BCUT2D eigenvalue weighted by atomic mass is 32.1. The van der Waals surface area contributed by atoms with E-state index in [4.69, 9.17) is 18.9 Å². The molecule has 1 aromatic heterocycles. The van der Waals surface area contributed by atoms with Gasteiger partial charge in [-0.1, -0.05) is 56.2 Å². The third-order valence-electron chi connectivity index (χ3n) is 6.01. The molecule has 1 aliphatic rings. The Morgan fingerprint density at radius 3 is 2.09 bits per heavy atom. The molecule has 5 nitrogen and oxygen atoms in total. The topological polar surface area (TPSA) is 54.0 Å². The number of benzene rings is 2. The molecule has 2 aromatic carbocycles. The first-order valence-electron chi connectivity index (χ1n) is 12.5. The van der Waals surface area contributed by atoms with E-state index in [2.05, 4.69) is 31.2 Å². The standard InChI is InChI=1S/C29H34O5S/c1-2-7-22-8-10-23(11-9-22)24-12-14-25(15-13-24)29(30)32-17-6-4-3-5-16-31-26-18-33-27-20-35-21-28(27)34-19-26/h8-15,20-21,26H,2-7,16-19H2,1H3. The van der Waals surface area contributed by atoms with E-state index in [0.29, 0.717) is 32.0 Å². The van der Waals surface area contributed by atoms with Crippen LogP contribution in [0.3, 0.4) is 0 Å². The fourth-order valence-electron chi connectivity index (χ4n) is 4.00. The van der Waals surface area contributed by atoms with Gasteiger partial charge in [-0.15, -0.1) is 11.3 Å². The predicted molar refractivity (Wildman–Crippen MR) is 140 cm³/mol. The minimum atomic E-state index is -0.264. The van der Waals surface area contributed by atoms with Crippen LogP contribution in [-0.4, -0.2) is 38.5 Å². The number of thiophene rings is 1. The number of fused-ring (bicyclic) bond motifs is 1. The number of ether oxygens (including phenoxy) is 4. The van der Waals surface area contributed by atoms with Crippen molar-refractivity contribution in [1.82, 2.24) is 0 Å². The molecule has 0 saturated carbocycles. The van der Waals surface area contributed by atoms with Crippen molar-refractivity contribution < 1.29 is 23.7 Å². The SMILES string of the molecule is CCCc1ccc(-c2ccc(C(=O)OCCCCCCOC3COc4cscc4OC3)cc2)cc1. The summed E-state index contributed by atoms with van der Waals surface area (Å²) in [6.45, 7) is 4.34. The summed E-state index contributed by atoms with van der Waals surface area (Å²) in [6, 6.07) is 16.3. The molecule has 186 valence electrons. The lowest BCUT2D eigenvalue weighted by molar-refractivity contribution is 0.000935. The maximum absolute atomic E-state index is 12.3. The van der Waals surface area contributed by atoms with Crippen LogP contribution in [0, 0.1) is 0 Å². The molecular weight excluding hydrogens is 460 g/mol. The Kier molecular flexibility index (Phi) is 9.61. The van der Waals surface area contributed by atoms with Gasteiger partial charge in [-0.3, -0.25) is 0 Å². The highest BCUT2D eigenvalue weighted by Gasteiger charge is 2.19. The third-order valence-corrected chi connectivity index (χ3v) is 6.71. The van der Waals surface area contributed by atoms with E-state index in [1.807, 2.05) is 35.0 Å². The van der Waals surface area contributed by atoms with Crippen LogP contribution in [-0.2, 0) is 15.9 Å². The van der Waals surface area contributed by atoms with Gasteiger partial charge in [0.05, 0.1) is 12.2 Å². The molecule has 0 N–H and O–H groups in total. The smallest absolute Gasteiger partial charge is 0.338 e. The summed E-state index contributed by atoms with van der Waals surface area (Å²) in [5.74, 6) is 1.35. The van der Waals surface area contributed by atoms with E-state index in [9.17, 15) is 4.79 Å². The van der Waals surface area contributed by atoms with Crippen LogP contribution in [0.2, 0.25) is 0 Å². The fraction of sp³-hybridized carbons (Fsp3) is 0.414. The van der Waals surface area contributed by atoms with Crippen LogP contribution in [0.15, 0.2) is 59.3 Å². The summed E-state index contributed by atoms with van der Waals surface area (Å²) in [5, 5.41) is 3.90. The lowest BCUT2D eigenvalue weighted by Gasteiger charge is -2.14. The fourth-order valence-corrected chi connectivity index (χ4v) is 4.68. The molecule has 1 aliphatic heterocycles. The molecule has 6 heteroatoms. The van der Waals surface area contributed by atoms with Crippen LogP contribution in [0.1, 0.15) is 54.9 Å². The Morgan fingerprint density at radius 1 is 0.857 bits per heavy atom. The van der Waals surface area contributed by atoms with Crippen molar-refractivity contribution in [3.63, 3.8) is 0 Å². The van der Waals surface area contributed by atoms with Crippen LogP contribution in [0.5, 0.6) is 11.5 Å². The zero-order chi connectivity index (χ0) is 24.3. The maximum Gasteiger partial charge on any atom is 0.338 e. The predicted octanol–water partition coefficient (Wildman–Crippen LogP) is 6.94. The van der Waals surface area contributed by atoms with Gasteiger partial charge in [0.25, 0.3) is 0 Å². The second-order valence-corrected chi connectivity index (χ2v) is 9.53. The van der Waals surface area contributed by atoms with Crippen LogP contribution < -0.4 is 9.47 Å². The zero-order valence-corrected chi connectivity index (χ0v) is 21.2. The summed E-state index contributed by atoms with van der Waals surface area (Å²) in [5.41, 5.74) is 4.20. The summed E-state index contributed by atoms with van der Waals surface area (Å²) < 4.78 is 22.8. The van der Waals surface area contributed by atoms with Gasteiger partial charge >= 0.3 is 5.97 Å². The van der Waals surface area contributed by atoms with Gasteiger partial charge in [0.15, 0.2) is 11.5 Å². The lowest BCUT2D eigenvalue weighted by Crippen LogP contribution is -2.27. The van der Waals surface area contributed by atoms with Crippen molar-refractivity contribution in [3.05, 3.63) is 70.4 Å². The average Bonchev–Trinajstić information content (AvgIpc) is 3.26.